The number of hydrogen-bond acceptors (Lipinski definition) is 3. The van der Waals surface area contributed by atoms with Crippen LogP contribution in [0.5, 0.6) is 0 Å². The monoisotopic (exact) mass is 267 g/mol. The highest BCUT2D eigenvalue weighted by Crippen LogP contribution is 2.57. The summed E-state index contributed by atoms with van der Waals surface area (Å²) >= 11 is 0. The Morgan fingerprint density at radius 3 is 2.74 bits per heavy atom. The minimum Gasteiger partial charge on any atom is -0.381 e. The number of nitrogens with one attached hydrogen (secondary N) is 1. The fourth-order valence-corrected chi connectivity index (χ4v) is 3.71. The average molecular weight is 267 g/mol. The molecule has 0 aromatic heterocycles. The molecule has 2 atom stereocenters. The van der Waals surface area contributed by atoms with E-state index in [9.17, 15) is 0 Å². The maximum Gasteiger partial charge on any atom is 0.0661 e. The van der Waals surface area contributed by atoms with Crippen molar-refractivity contribution in [1.29, 1.82) is 0 Å². The van der Waals surface area contributed by atoms with Crippen molar-refractivity contribution in [3.05, 3.63) is 0 Å². The van der Waals surface area contributed by atoms with E-state index in [0.717, 1.165) is 38.7 Å². The van der Waals surface area contributed by atoms with Crippen LogP contribution < -0.4 is 5.32 Å². The molecule has 1 spiro atoms. The lowest BCUT2D eigenvalue weighted by molar-refractivity contribution is -0.172. The molecule has 3 heteroatoms. The van der Waals surface area contributed by atoms with Gasteiger partial charge in [0, 0.05) is 31.3 Å². The highest BCUT2D eigenvalue weighted by molar-refractivity contribution is 5.12. The van der Waals surface area contributed by atoms with E-state index in [1.54, 1.807) is 0 Å². The lowest BCUT2D eigenvalue weighted by Gasteiger charge is -2.61. The summed E-state index contributed by atoms with van der Waals surface area (Å²) in [5.74, 6) is 0.893. The molecule has 0 aromatic rings. The van der Waals surface area contributed by atoms with Gasteiger partial charge in [-0.1, -0.05) is 6.42 Å². The maximum atomic E-state index is 5.88. The zero-order chi connectivity index (χ0) is 13.1. The summed E-state index contributed by atoms with van der Waals surface area (Å²) in [6.07, 6.45) is 9.82. The topological polar surface area (TPSA) is 30.5 Å². The van der Waals surface area contributed by atoms with Crippen LogP contribution in [0.4, 0.5) is 0 Å². The molecule has 0 aromatic carbocycles. The van der Waals surface area contributed by atoms with E-state index >= 15 is 0 Å². The van der Waals surface area contributed by atoms with Gasteiger partial charge in [-0.05, 0) is 57.9 Å². The summed E-state index contributed by atoms with van der Waals surface area (Å²) in [6, 6.07) is 0.709. The Labute approximate surface area is 117 Å². The first-order chi connectivity index (χ1) is 9.35. The smallest absolute Gasteiger partial charge is 0.0661 e. The van der Waals surface area contributed by atoms with E-state index < -0.39 is 0 Å². The largest absolute Gasteiger partial charge is 0.381 e. The molecule has 3 fully saturated rings. The SMILES string of the molecule is CCOC1CC(NCCCOCC2CC2)C12CCC2. The fraction of sp³-hybridized carbons (Fsp3) is 1.00. The molecule has 3 nitrogen and oxygen atoms in total. The number of hydrogen-bond donors (Lipinski definition) is 1. The zero-order valence-electron chi connectivity index (χ0n) is 12.3. The molecule has 0 amide bonds. The molecule has 0 bridgehead atoms. The third-order valence-electron chi connectivity index (χ3n) is 5.34. The van der Waals surface area contributed by atoms with Crippen molar-refractivity contribution in [2.45, 2.75) is 64.0 Å². The second-order valence-electron chi connectivity index (χ2n) is 6.64. The Morgan fingerprint density at radius 1 is 1.26 bits per heavy atom. The molecule has 1 N–H and O–H groups in total. The van der Waals surface area contributed by atoms with Gasteiger partial charge in [-0.15, -0.1) is 0 Å². The molecular formula is C16H29NO2. The highest BCUT2D eigenvalue weighted by atomic mass is 16.5. The van der Waals surface area contributed by atoms with Crippen LogP contribution in [0.3, 0.4) is 0 Å². The van der Waals surface area contributed by atoms with E-state index in [1.165, 1.54) is 38.5 Å². The normalized spacial score (nSPS) is 32.1. The van der Waals surface area contributed by atoms with Gasteiger partial charge in [-0.3, -0.25) is 0 Å². The molecule has 0 saturated heterocycles. The van der Waals surface area contributed by atoms with Gasteiger partial charge in [0.25, 0.3) is 0 Å². The van der Waals surface area contributed by atoms with Crippen LogP contribution >= 0.6 is 0 Å². The number of ether oxygens (including phenoxy) is 2. The van der Waals surface area contributed by atoms with Crippen molar-refractivity contribution >= 4 is 0 Å². The van der Waals surface area contributed by atoms with Crippen LogP contribution in [0.15, 0.2) is 0 Å². The lowest BCUT2D eigenvalue weighted by Crippen LogP contribution is -2.67. The Hall–Kier alpha value is -0.120. The zero-order valence-corrected chi connectivity index (χ0v) is 12.3. The van der Waals surface area contributed by atoms with Crippen LogP contribution in [-0.2, 0) is 9.47 Å². The second-order valence-corrected chi connectivity index (χ2v) is 6.64. The van der Waals surface area contributed by atoms with Crippen LogP contribution in [0.2, 0.25) is 0 Å². The number of rotatable bonds is 9. The predicted octanol–water partition coefficient (Wildman–Crippen LogP) is 2.74. The maximum absolute atomic E-state index is 5.88. The van der Waals surface area contributed by atoms with Crippen molar-refractivity contribution in [3.63, 3.8) is 0 Å². The fourth-order valence-electron chi connectivity index (χ4n) is 3.71. The van der Waals surface area contributed by atoms with E-state index in [0.29, 0.717) is 17.6 Å². The van der Waals surface area contributed by atoms with E-state index in [2.05, 4.69) is 12.2 Å². The van der Waals surface area contributed by atoms with E-state index in [1.807, 2.05) is 0 Å². The molecular weight excluding hydrogens is 238 g/mol. The highest BCUT2D eigenvalue weighted by Gasteiger charge is 2.58. The molecule has 3 saturated carbocycles. The van der Waals surface area contributed by atoms with Crippen molar-refractivity contribution in [2.75, 3.05) is 26.4 Å². The van der Waals surface area contributed by atoms with Crippen molar-refractivity contribution in [1.82, 2.24) is 5.32 Å². The second kappa shape index (κ2) is 6.11. The summed E-state index contributed by atoms with van der Waals surface area (Å²) < 4.78 is 11.6. The summed E-state index contributed by atoms with van der Waals surface area (Å²) in [4.78, 5) is 0. The predicted molar refractivity (Wildman–Crippen MR) is 76.3 cm³/mol. The van der Waals surface area contributed by atoms with Crippen LogP contribution in [0.25, 0.3) is 0 Å². The molecule has 3 aliphatic carbocycles. The molecule has 19 heavy (non-hydrogen) atoms. The van der Waals surface area contributed by atoms with Crippen LogP contribution in [-0.4, -0.2) is 38.5 Å². The quantitative estimate of drug-likeness (QED) is 0.652. The van der Waals surface area contributed by atoms with E-state index in [4.69, 9.17) is 9.47 Å². The van der Waals surface area contributed by atoms with Crippen molar-refractivity contribution < 1.29 is 9.47 Å². The Kier molecular flexibility index (Phi) is 4.45. The Balaban J connectivity index is 1.28. The Morgan fingerprint density at radius 2 is 2.11 bits per heavy atom. The van der Waals surface area contributed by atoms with Gasteiger partial charge in [-0.25, -0.2) is 0 Å². The summed E-state index contributed by atoms with van der Waals surface area (Å²) in [5, 5.41) is 3.74. The van der Waals surface area contributed by atoms with Gasteiger partial charge < -0.3 is 14.8 Å². The van der Waals surface area contributed by atoms with Crippen LogP contribution in [0.1, 0.15) is 51.9 Å². The van der Waals surface area contributed by atoms with Gasteiger partial charge in [0.15, 0.2) is 0 Å². The minimum atomic E-state index is 0.505. The first kappa shape index (κ1) is 13.8. The average Bonchev–Trinajstić information content (AvgIpc) is 3.12. The van der Waals surface area contributed by atoms with Crippen molar-refractivity contribution in [2.24, 2.45) is 11.3 Å². The minimum absolute atomic E-state index is 0.505. The standard InChI is InChI=1S/C16H29NO2/c1-2-19-15-11-14(16(15)7-3-8-16)17-9-4-10-18-12-13-5-6-13/h13-15,17H,2-12H2,1H3. The van der Waals surface area contributed by atoms with Gasteiger partial charge >= 0.3 is 0 Å². The molecule has 2 unspecified atom stereocenters. The summed E-state index contributed by atoms with van der Waals surface area (Å²) in [5.41, 5.74) is 0.505. The molecule has 0 heterocycles. The Bertz CT molecular complexity index is 286. The van der Waals surface area contributed by atoms with Gasteiger partial charge in [0.05, 0.1) is 6.10 Å². The molecule has 3 aliphatic rings. The van der Waals surface area contributed by atoms with Crippen LogP contribution in [0, 0.1) is 11.3 Å². The lowest BCUT2D eigenvalue weighted by atomic mass is 9.51. The van der Waals surface area contributed by atoms with Gasteiger partial charge in [0.1, 0.15) is 0 Å². The summed E-state index contributed by atoms with van der Waals surface area (Å²) in [6.45, 7) is 6.02. The summed E-state index contributed by atoms with van der Waals surface area (Å²) in [7, 11) is 0. The third kappa shape index (κ3) is 2.98. The third-order valence-corrected chi connectivity index (χ3v) is 5.34. The molecule has 0 radical (unpaired) electrons. The van der Waals surface area contributed by atoms with Gasteiger partial charge in [0.2, 0.25) is 0 Å². The molecule has 110 valence electrons. The van der Waals surface area contributed by atoms with Crippen molar-refractivity contribution in [3.8, 4) is 0 Å². The molecule has 0 aliphatic heterocycles. The van der Waals surface area contributed by atoms with Gasteiger partial charge in [-0.2, -0.15) is 0 Å². The first-order valence-corrected chi connectivity index (χ1v) is 8.28. The molecule has 3 rings (SSSR count). The first-order valence-electron chi connectivity index (χ1n) is 8.28. The van der Waals surface area contributed by atoms with E-state index in [-0.39, 0.29) is 0 Å².